The molecule has 0 aliphatic rings. The average molecular weight is 309 g/mol. The summed E-state index contributed by atoms with van der Waals surface area (Å²) in [5.41, 5.74) is 2.27. The first kappa shape index (κ1) is 15.5. The van der Waals surface area contributed by atoms with Crippen molar-refractivity contribution in [3.05, 3.63) is 35.4 Å². The van der Waals surface area contributed by atoms with Gasteiger partial charge in [0.1, 0.15) is 4.90 Å². The predicted octanol–water partition coefficient (Wildman–Crippen LogP) is 1.33. The van der Waals surface area contributed by atoms with Crippen LogP contribution < -0.4 is 10.0 Å². The number of aryl methyl sites for hydroxylation is 2. The highest BCUT2D eigenvalue weighted by Gasteiger charge is 2.24. The number of hydrogen-bond donors (Lipinski definition) is 3. The smallest absolute Gasteiger partial charge is 0.265 e. The Morgan fingerprint density at radius 2 is 2.10 bits per heavy atom. The number of sulfonamides is 1. The number of aromatic amines is 1. The van der Waals surface area contributed by atoms with Crippen molar-refractivity contribution in [3.8, 4) is 0 Å². The summed E-state index contributed by atoms with van der Waals surface area (Å²) in [6.45, 7) is 6.57. The normalized spacial score (nSPS) is 11.6. The van der Waals surface area contributed by atoms with Crippen molar-refractivity contribution in [1.29, 1.82) is 0 Å². The topological polar surface area (TPSA) is 99.8 Å². The maximum Gasteiger partial charge on any atom is 0.265 e. The van der Waals surface area contributed by atoms with Crippen LogP contribution in [0.5, 0.6) is 0 Å². The number of hydrogen-bond acceptors (Lipinski definition) is 5. The molecule has 2 aromatic heterocycles. The van der Waals surface area contributed by atoms with Crippen molar-refractivity contribution >= 4 is 15.7 Å². The van der Waals surface area contributed by atoms with Gasteiger partial charge in [-0.3, -0.25) is 14.8 Å². The van der Waals surface area contributed by atoms with Crippen LogP contribution in [0.1, 0.15) is 23.9 Å². The Balaban J connectivity index is 2.36. The molecule has 0 amide bonds. The molecular weight excluding hydrogens is 290 g/mol. The van der Waals surface area contributed by atoms with Crippen molar-refractivity contribution in [2.45, 2.75) is 32.2 Å². The first-order chi connectivity index (χ1) is 9.95. The molecule has 3 N–H and O–H groups in total. The minimum Gasteiger partial charge on any atom is -0.311 e. The van der Waals surface area contributed by atoms with Gasteiger partial charge in [-0.1, -0.05) is 6.92 Å². The Kier molecular flexibility index (Phi) is 4.59. The molecule has 0 saturated carbocycles. The lowest BCUT2D eigenvalue weighted by Gasteiger charge is -2.11. The molecule has 0 spiro atoms. The second-order valence-corrected chi connectivity index (χ2v) is 6.32. The quantitative estimate of drug-likeness (QED) is 0.747. The molecule has 0 aromatic carbocycles. The molecule has 2 rings (SSSR count). The van der Waals surface area contributed by atoms with Gasteiger partial charge in [-0.2, -0.15) is 5.10 Å². The molecule has 0 atom stereocenters. The third-order valence-corrected chi connectivity index (χ3v) is 4.60. The lowest BCUT2D eigenvalue weighted by atomic mass is 10.3. The van der Waals surface area contributed by atoms with Crippen molar-refractivity contribution in [2.24, 2.45) is 0 Å². The Labute approximate surface area is 124 Å². The van der Waals surface area contributed by atoms with Gasteiger partial charge in [-0.15, -0.1) is 0 Å². The molecule has 114 valence electrons. The number of H-pyrrole nitrogens is 1. The summed E-state index contributed by atoms with van der Waals surface area (Å²) in [5, 5.41) is 9.88. The van der Waals surface area contributed by atoms with Gasteiger partial charge in [0.05, 0.1) is 17.1 Å². The van der Waals surface area contributed by atoms with E-state index in [1.807, 2.05) is 6.92 Å². The minimum absolute atomic E-state index is 0.194. The molecule has 0 aliphatic heterocycles. The Morgan fingerprint density at radius 3 is 2.76 bits per heavy atom. The first-order valence-electron chi connectivity index (χ1n) is 6.63. The van der Waals surface area contributed by atoms with E-state index in [1.165, 1.54) is 0 Å². The standard InChI is InChI=1S/C13H19N5O2S/c1-4-14-8-12-13(10(3)16-17-12)21(19,20)18-11-5-6-15-7-9(11)2/h5-7,14H,4,8H2,1-3H3,(H,15,18)(H,16,17). The van der Waals surface area contributed by atoms with E-state index >= 15 is 0 Å². The van der Waals surface area contributed by atoms with Crippen LogP contribution in [-0.2, 0) is 16.6 Å². The summed E-state index contributed by atoms with van der Waals surface area (Å²) in [7, 11) is -3.70. The maximum atomic E-state index is 12.6. The van der Waals surface area contributed by atoms with E-state index in [-0.39, 0.29) is 4.90 Å². The third-order valence-electron chi connectivity index (χ3n) is 3.04. The highest BCUT2D eigenvalue weighted by atomic mass is 32.2. The van der Waals surface area contributed by atoms with Crippen LogP contribution in [0, 0.1) is 13.8 Å². The number of aromatic nitrogens is 3. The van der Waals surface area contributed by atoms with Crippen LogP contribution in [0.2, 0.25) is 0 Å². The summed E-state index contributed by atoms with van der Waals surface area (Å²) in [6, 6.07) is 1.63. The van der Waals surface area contributed by atoms with E-state index in [0.717, 1.165) is 12.1 Å². The lowest BCUT2D eigenvalue weighted by molar-refractivity contribution is 0.597. The predicted molar refractivity (Wildman–Crippen MR) is 80.5 cm³/mol. The second-order valence-electron chi connectivity index (χ2n) is 4.70. The summed E-state index contributed by atoms with van der Waals surface area (Å²) >= 11 is 0. The van der Waals surface area contributed by atoms with Crippen LogP contribution in [-0.4, -0.2) is 30.1 Å². The zero-order valence-corrected chi connectivity index (χ0v) is 13.1. The van der Waals surface area contributed by atoms with Gasteiger partial charge in [0.15, 0.2) is 0 Å². The van der Waals surface area contributed by atoms with Crippen LogP contribution >= 0.6 is 0 Å². The van der Waals surface area contributed by atoms with Gasteiger partial charge in [0, 0.05) is 18.9 Å². The number of anilines is 1. The fourth-order valence-electron chi connectivity index (χ4n) is 1.97. The molecule has 0 bridgehead atoms. The van der Waals surface area contributed by atoms with Crippen LogP contribution in [0.4, 0.5) is 5.69 Å². The zero-order valence-electron chi connectivity index (χ0n) is 12.3. The van der Waals surface area contributed by atoms with Gasteiger partial charge < -0.3 is 5.32 Å². The van der Waals surface area contributed by atoms with Crippen molar-refractivity contribution in [1.82, 2.24) is 20.5 Å². The van der Waals surface area contributed by atoms with E-state index in [0.29, 0.717) is 23.6 Å². The maximum absolute atomic E-state index is 12.6. The largest absolute Gasteiger partial charge is 0.311 e. The highest BCUT2D eigenvalue weighted by molar-refractivity contribution is 7.92. The summed E-state index contributed by atoms with van der Waals surface area (Å²) in [5.74, 6) is 0. The number of nitrogens with one attached hydrogen (secondary N) is 3. The molecule has 0 aliphatic carbocycles. The molecular formula is C13H19N5O2S. The van der Waals surface area contributed by atoms with E-state index in [9.17, 15) is 8.42 Å². The van der Waals surface area contributed by atoms with Crippen LogP contribution in [0.25, 0.3) is 0 Å². The number of pyridine rings is 1. The number of rotatable bonds is 6. The van der Waals surface area contributed by atoms with Gasteiger partial charge in [-0.25, -0.2) is 8.42 Å². The van der Waals surface area contributed by atoms with Gasteiger partial charge >= 0.3 is 0 Å². The average Bonchev–Trinajstić information content (AvgIpc) is 2.81. The van der Waals surface area contributed by atoms with Crippen molar-refractivity contribution < 1.29 is 8.42 Å². The fourth-order valence-corrected chi connectivity index (χ4v) is 3.47. The van der Waals surface area contributed by atoms with Crippen molar-refractivity contribution in [3.63, 3.8) is 0 Å². The Bertz CT molecular complexity index is 724. The molecule has 8 heteroatoms. The SMILES string of the molecule is CCNCc1n[nH]c(C)c1S(=O)(=O)Nc1ccncc1C. The molecule has 2 heterocycles. The Morgan fingerprint density at radius 1 is 1.33 bits per heavy atom. The van der Waals surface area contributed by atoms with E-state index in [4.69, 9.17) is 0 Å². The van der Waals surface area contributed by atoms with Gasteiger partial charge in [0.25, 0.3) is 10.0 Å². The molecule has 0 radical (unpaired) electrons. The third kappa shape index (κ3) is 3.40. The summed E-state index contributed by atoms with van der Waals surface area (Å²) in [6.07, 6.45) is 3.16. The number of nitrogens with zero attached hydrogens (tertiary/aromatic N) is 2. The molecule has 0 unspecified atom stereocenters. The van der Waals surface area contributed by atoms with E-state index in [1.54, 1.807) is 32.3 Å². The summed E-state index contributed by atoms with van der Waals surface area (Å²) < 4.78 is 27.8. The summed E-state index contributed by atoms with van der Waals surface area (Å²) in [4.78, 5) is 4.14. The van der Waals surface area contributed by atoms with Gasteiger partial charge in [0.2, 0.25) is 0 Å². The van der Waals surface area contributed by atoms with Crippen molar-refractivity contribution in [2.75, 3.05) is 11.3 Å². The lowest BCUT2D eigenvalue weighted by Crippen LogP contribution is -2.19. The minimum atomic E-state index is -3.70. The zero-order chi connectivity index (χ0) is 15.5. The molecule has 0 saturated heterocycles. The molecule has 21 heavy (non-hydrogen) atoms. The molecule has 2 aromatic rings. The highest BCUT2D eigenvalue weighted by Crippen LogP contribution is 2.22. The fraction of sp³-hybridized carbons (Fsp3) is 0.385. The monoisotopic (exact) mass is 309 g/mol. The van der Waals surface area contributed by atoms with E-state index in [2.05, 4.69) is 25.2 Å². The molecule has 7 nitrogen and oxygen atoms in total. The molecule has 0 fully saturated rings. The second kappa shape index (κ2) is 6.23. The Hall–Kier alpha value is -1.93. The first-order valence-corrected chi connectivity index (χ1v) is 8.12. The van der Waals surface area contributed by atoms with Gasteiger partial charge in [-0.05, 0) is 32.0 Å². The van der Waals surface area contributed by atoms with E-state index < -0.39 is 10.0 Å². The van der Waals surface area contributed by atoms with Crippen LogP contribution in [0.3, 0.4) is 0 Å². The van der Waals surface area contributed by atoms with Crippen LogP contribution in [0.15, 0.2) is 23.4 Å².